The number of benzene rings is 1. The Morgan fingerprint density at radius 3 is 2.65 bits per heavy atom. The molecular weight excluding hydrogens is 448 g/mol. The van der Waals surface area contributed by atoms with E-state index in [0.717, 1.165) is 60.6 Å². The van der Waals surface area contributed by atoms with Crippen molar-refractivity contribution in [2.24, 2.45) is 0 Å². The second-order valence-electron chi connectivity index (χ2n) is 9.43. The minimum absolute atomic E-state index is 0.0553. The number of carbonyl (C=O) groups is 1. The van der Waals surface area contributed by atoms with Gasteiger partial charge in [0.15, 0.2) is 11.5 Å². The summed E-state index contributed by atoms with van der Waals surface area (Å²) in [7, 11) is 0. The van der Waals surface area contributed by atoms with Crippen molar-refractivity contribution in [1.82, 2.24) is 19.5 Å². The number of amides is 1. The molecule has 2 unspecified atom stereocenters. The van der Waals surface area contributed by atoms with E-state index in [0.29, 0.717) is 17.8 Å². The van der Waals surface area contributed by atoms with E-state index in [4.69, 9.17) is 10.1 Å². The van der Waals surface area contributed by atoms with Crippen LogP contribution in [0.25, 0.3) is 5.65 Å². The lowest BCUT2D eigenvalue weighted by atomic mass is 9.98. The molecule has 180 valence electrons. The van der Waals surface area contributed by atoms with Gasteiger partial charge in [-0.15, -0.1) is 5.10 Å². The molecule has 1 amide bonds. The van der Waals surface area contributed by atoms with Crippen molar-refractivity contribution in [3.8, 4) is 0 Å². The molecule has 5 rings (SSSR count). The number of carbonyl (C=O) groups excluding carboxylic acids is 1. The van der Waals surface area contributed by atoms with Gasteiger partial charge in [0.25, 0.3) is 5.91 Å². The zero-order valence-electron chi connectivity index (χ0n) is 20.1. The van der Waals surface area contributed by atoms with Crippen molar-refractivity contribution in [1.29, 1.82) is 0 Å². The number of aromatic nitrogens is 3. The third-order valence-electron chi connectivity index (χ3n) is 6.80. The van der Waals surface area contributed by atoms with Crippen LogP contribution in [-0.2, 0) is 11.4 Å². The zero-order valence-corrected chi connectivity index (χ0v) is 20.9. The van der Waals surface area contributed by atoms with E-state index >= 15 is 0 Å². The number of imidazole rings is 1. The van der Waals surface area contributed by atoms with Crippen molar-refractivity contribution in [3.63, 3.8) is 0 Å². The third kappa shape index (κ3) is 4.46. The average Bonchev–Trinajstić information content (AvgIpc) is 3.49. The molecule has 0 bridgehead atoms. The minimum Gasteiger partial charge on any atom is -0.593 e. The number of aryl methyl sites for hydroxylation is 2. The molecule has 0 radical (unpaired) electrons. The lowest BCUT2D eigenvalue weighted by Crippen LogP contribution is -2.39. The second kappa shape index (κ2) is 9.46. The van der Waals surface area contributed by atoms with Crippen LogP contribution in [0.2, 0.25) is 0 Å². The van der Waals surface area contributed by atoms with Crippen LogP contribution in [0.5, 0.6) is 0 Å². The molecule has 8 nitrogen and oxygen atoms in total. The highest BCUT2D eigenvalue weighted by Crippen LogP contribution is 2.34. The molecule has 0 spiro atoms. The monoisotopic (exact) mass is 480 g/mol. The van der Waals surface area contributed by atoms with Gasteiger partial charge in [0.05, 0.1) is 40.5 Å². The smallest absolute Gasteiger partial charge is 0.256 e. The Kier molecular flexibility index (Phi) is 6.40. The van der Waals surface area contributed by atoms with Gasteiger partial charge in [-0.3, -0.25) is 4.79 Å². The first kappa shape index (κ1) is 23.0. The molecule has 2 fully saturated rings. The first-order chi connectivity index (χ1) is 16.4. The average molecular weight is 481 g/mol. The Hall–Kier alpha value is -2.78. The fourth-order valence-corrected chi connectivity index (χ4v) is 5.63. The fourth-order valence-electron chi connectivity index (χ4n) is 5.14. The number of anilines is 2. The lowest BCUT2D eigenvalue weighted by molar-refractivity contribution is 0.0607. The summed E-state index contributed by atoms with van der Waals surface area (Å²) in [6.07, 6.45) is 8.83. The summed E-state index contributed by atoms with van der Waals surface area (Å²) in [5, 5.41) is 4.89. The number of piperidine rings is 1. The Morgan fingerprint density at radius 1 is 1.12 bits per heavy atom. The van der Waals surface area contributed by atoms with Crippen LogP contribution >= 0.6 is 0 Å². The van der Waals surface area contributed by atoms with Gasteiger partial charge in [-0.25, -0.2) is 14.2 Å². The zero-order chi connectivity index (χ0) is 23.8. The van der Waals surface area contributed by atoms with Gasteiger partial charge in [0.1, 0.15) is 6.26 Å². The summed E-state index contributed by atoms with van der Waals surface area (Å²) in [5.41, 5.74) is 4.96. The highest BCUT2D eigenvalue weighted by atomic mass is 32.2. The maximum atomic E-state index is 13.8. The molecule has 2 atom stereocenters. The summed E-state index contributed by atoms with van der Waals surface area (Å²) in [5.74, 6) is 0.967. The Morgan fingerprint density at radius 2 is 1.88 bits per heavy atom. The first-order valence-electron chi connectivity index (χ1n) is 12.0. The van der Waals surface area contributed by atoms with Crippen LogP contribution in [-0.4, -0.2) is 55.8 Å². The molecule has 9 heteroatoms. The minimum atomic E-state index is -1.26. The van der Waals surface area contributed by atoms with Crippen LogP contribution in [0.3, 0.4) is 0 Å². The standard InChI is InChI=1S/C25H32N6O2S/c1-17-9-10-20(28-34(3)33)19(14-17)25(32)30-13-5-4-8-22(30)21-16-31-23(26-21)15-18(2)24(27-31)29-11-6-7-12-29/h9-10,14-16,22,28H,4-8,11-13H2,1-3H3. The van der Waals surface area contributed by atoms with E-state index in [2.05, 4.69) is 22.6 Å². The Labute approximate surface area is 203 Å². The number of hydrogen-bond acceptors (Lipinski definition) is 6. The number of fused-ring (bicyclic) bond motifs is 1. The first-order valence-corrected chi connectivity index (χ1v) is 13.6. The van der Waals surface area contributed by atoms with E-state index in [1.165, 1.54) is 12.8 Å². The summed E-state index contributed by atoms with van der Waals surface area (Å²) in [6, 6.07) is 7.62. The highest BCUT2D eigenvalue weighted by molar-refractivity contribution is 7.92. The van der Waals surface area contributed by atoms with E-state index in [-0.39, 0.29) is 11.9 Å². The molecule has 2 aliphatic rings. The highest BCUT2D eigenvalue weighted by Gasteiger charge is 2.32. The summed E-state index contributed by atoms with van der Waals surface area (Å²) >= 11 is -1.26. The van der Waals surface area contributed by atoms with Gasteiger partial charge >= 0.3 is 0 Å². The SMILES string of the molecule is Cc1ccc(N[S+](C)[O-])c(C(=O)N2CCCCC2c2cn3nc(N4CCCC4)c(C)cc3n2)c1. The molecule has 2 aliphatic heterocycles. The predicted octanol–water partition coefficient (Wildman–Crippen LogP) is 4.02. The van der Waals surface area contributed by atoms with E-state index in [1.54, 1.807) is 6.26 Å². The third-order valence-corrected chi connectivity index (χ3v) is 7.31. The normalized spacial score (nSPS) is 19.6. The number of likely N-dealkylation sites (tertiary alicyclic amines) is 1. The summed E-state index contributed by atoms with van der Waals surface area (Å²) in [4.78, 5) is 22.9. The fraction of sp³-hybridized carbons (Fsp3) is 0.480. The molecule has 2 saturated heterocycles. The van der Waals surface area contributed by atoms with Gasteiger partial charge in [0, 0.05) is 19.6 Å². The molecular formula is C25H32N6O2S. The molecule has 0 aliphatic carbocycles. The maximum absolute atomic E-state index is 13.8. The van der Waals surface area contributed by atoms with Crippen LogP contribution in [0, 0.1) is 13.8 Å². The number of nitrogens with zero attached hydrogens (tertiary/aromatic N) is 5. The van der Waals surface area contributed by atoms with E-state index in [9.17, 15) is 9.35 Å². The van der Waals surface area contributed by atoms with Crippen molar-refractivity contribution in [2.45, 2.75) is 52.0 Å². The molecule has 1 aromatic carbocycles. The molecule has 3 aromatic rings. The Balaban J connectivity index is 1.48. The Bertz CT molecular complexity index is 1200. The lowest BCUT2D eigenvalue weighted by Gasteiger charge is -2.35. The topological polar surface area (TPSA) is 88.8 Å². The van der Waals surface area contributed by atoms with Crippen molar-refractivity contribution >= 4 is 34.4 Å². The number of rotatable bonds is 5. The van der Waals surface area contributed by atoms with E-state index < -0.39 is 11.4 Å². The quantitative estimate of drug-likeness (QED) is 0.555. The van der Waals surface area contributed by atoms with Crippen molar-refractivity contribution < 1.29 is 9.35 Å². The van der Waals surface area contributed by atoms with Crippen LogP contribution in [0.15, 0.2) is 30.5 Å². The van der Waals surface area contributed by atoms with Crippen LogP contribution in [0.1, 0.15) is 65.3 Å². The molecule has 4 heterocycles. The maximum Gasteiger partial charge on any atom is 0.256 e. The van der Waals surface area contributed by atoms with Gasteiger partial charge in [-0.05, 0) is 69.7 Å². The second-order valence-corrected chi connectivity index (χ2v) is 10.5. The summed E-state index contributed by atoms with van der Waals surface area (Å²) < 4.78 is 16.6. The van der Waals surface area contributed by atoms with Crippen LogP contribution in [0.4, 0.5) is 11.5 Å². The molecule has 2 aromatic heterocycles. The predicted molar refractivity (Wildman–Crippen MR) is 136 cm³/mol. The molecule has 1 N–H and O–H groups in total. The number of hydrogen-bond donors (Lipinski definition) is 1. The van der Waals surface area contributed by atoms with E-state index in [1.807, 2.05) is 40.7 Å². The largest absolute Gasteiger partial charge is 0.593 e. The van der Waals surface area contributed by atoms with Gasteiger partial charge < -0.3 is 14.4 Å². The van der Waals surface area contributed by atoms with Gasteiger partial charge in [-0.2, -0.15) is 0 Å². The number of nitrogens with one attached hydrogen (secondary N) is 1. The van der Waals surface area contributed by atoms with Crippen LogP contribution < -0.4 is 9.62 Å². The molecule has 0 saturated carbocycles. The van der Waals surface area contributed by atoms with Gasteiger partial charge in [-0.1, -0.05) is 11.6 Å². The molecule has 34 heavy (non-hydrogen) atoms. The van der Waals surface area contributed by atoms with Gasteiger partial charge in [0.2, 0.25) is 0 Å². The summed E-state index contributed by atoms with van der Waals surface area (Å²) in [6.45, 7) is 6.81. The van der Waals surface area contributed by atoms with Crippen molar-refractivity contribution in [2.75, 3.05) is 35.5 Å². The van der Waals surface area contributed by atoms with Crippen molar-refractivity contribution in [3.05, 3.63) is 52.8 Å².